The van der Waals surface area contributed by atoms with E-state index in [9.17, 15) is 18.4 Å². The minimum Gasteiger partial charge on any atom is -0.439 e. The molecule has 0 aliphatic rings. The number of ether oxygens (including phenoxy) is 1. The summed E-state index contributed by atoms with van der Waals surface area (Å²) < 4.78 is 32.7. The molecule has 0 unspecified atom stereocenters. The molecule has 3 aromatic rings. The molecule has 29 heavy (non-hydrogen) atoms. The van der Waals surface area contributed by atoms with Crippen molar-refractivity contribution < 1.29 is 23.1 Å². The normalized spacial score (nSPS) is 10.3. The number of rotatable bonds is 4. The van der Waals surface area contributed by atoms with Gasteiger partial charge in [0.1, 0.15) is 22.9 Å². The maximum absolute atomic E-state index is 13.6. The van der Waals surface area contributed by atoms with Crippen LogP contribution in [0.3, 0.4) is 0 Å². The first-order valence-corrected chi connectivity index (χ1v) is 8.74. The van der Waals surface area contributed by atoms with E-state index in [0.29, 0.717) is 15.8 Å². The second kappa shape index (κ2) is 8.85. The standard InChI is InChI=1S/C19H11Cl2F2N3O3/c20-10-6-11(21)8-13(7-10)29-16-5-4-12(9-24-16)25-19(28)26-18(27)17-14(22)2-1-3-15(17)23/h1-9H,(H2,25,26,27,28). The van der Waals surface area contributed by atoms with Crippen LogP contribution in [0.1, 0.15) is 10.4 Å². The highest BCUT2D eigenvalue weighted by Gasteiger charge is 2.19. The van der Waals surface area contributed by atoms with Crippen LogP contribution in [0.2, 0.25) is 10.0 Å². The number of hydrogen-bond acceptors (Lipinski definition) is 4. The summed E-state index contributed by atoms with van der Waals surface area (Å²) in [5.74, 6) is -2.83. The van der Waals surface area contributed by atoms with Crippen molar-refractivity contribution in [2.24, 2.45) is 0 Å². The van der Waals surface area contributed by atoms with Crippen molar-refractivity contribution in [2.75, 3.05) is 5.32 Å². The quantitative estimate of drug-likeness (QED) is 0.570. The van der Waals surface area contributed by atoms with Gasteiger partial charge in [0.15, 0.2) is 0 Å². The van der Waals surface area contributed by atoms with Crippen LogP contribution >= 0.6 is 23.2 Å². The zero-order chi connectivity index (χ0) is 21.0. The van der Waals surface area contributed by atoms with Crippen LogP contribution in [0.25, 0.3) is 0 Å². The number of nitrogens with zero attached hydrogens (tertiary/aromatic N) is 1. The Hall–Kier alpha value is -3.23. The first kappa shape index (κ1) is 20.5. The van der Waals surface area contributed by atoms with Crippen molar-refractivity contribution in [3.8, 4) is 11.6 Å². The second-order valence-electron chi connectivity index (χ2n) is 5.60. The monoisotopic (exact) mass is 437 g/mol. The molecule has 0 radical (unpaired) electrons. The van der Waals surface area contributed by atoms with E-state index in [4.69, 9.17) is 27.9 Å². The first-order chi connectivity index (χ1) is 13.8. The summed E-state index contributed by atoms with van der Waals surface area (Å²) in [7, 11) is 0. The Morgan fingerprint density at radius 1 is 0.966 bits per heavy atom. The SMILES string of the molecule is O=C(NC(=O)c1c(F)cccc1F)Nc1ccc(Oc2cc(Cl)cc(Cl)c2)nc1. The molecule has 3 rings (SSSR count). The van der Waals surface area contributed by atoms with Gasteiger partial charge in [-0.1, -0.05) is 29.3 Å². The molecule has 6 nitrogen and oxygen atoms in total. The number of nitrogens with one attached hydrogen (secondary N) is 2. The van der Waals surface area contributed by atoms with E-state index < -0.39 is 29.1 Å². The summed E-state index contributed by atoms with van der Waals surface area (Å²) in [5, 5.41) is 4.93. The minimum absolute atomic E-state index is 0.193. The molecule has 1 heterocycles. The number of benzene rings is 2. The molecule has 0 aliphatic carbocycles. The van der Waals surface area contributed by atoms with Crippen molar-refractivity contribution in [1.29, 1.82) is 0 Å². The van der Waals surface area contributed by atoms with E-state index in [0.717, 1.165) is 18.2 Å². The zero-order valence-electron chi connectivity index (χ0n) is 14.4. The molecule has 0 fully saturated rings. The van der Waals surface area contributed by atoms with Crippen LogP contribution in [0.15, 0.2) is 54.7 Å². The third kappa shape index (κ3) is 5.40. The van der Waals surface area contributed by atoms with E-state index in [1.807, 2.05) is 5.32 Å². The van der Waals surface area contributed by atoms with Crippen molar-refractivity contribution in [2.45, 2.75) is 0 Å². The van der Waals surface area contributed by atoms with Crippen LogP contribution < -0.4 is 15.4 Å². The summed E-state index contributed by atoms with van der Waals surface area (Å²) in [5.41, 5.74) is -0.648. The lowest BCUT2D eigenvalue weighted by Crippen LogP contribution is -2.35. The zero-order valence-corrected chi connectivity index (χ0v) is 15.9. The Bertz CT molecular complexity index is 1040. The van der Waals surface area contributed by atoms with Crippen molar-refractivity contribution in [1.82, 2.24) is 10.3 Å². The number of urea groups is 1. The molecule has 3 amide bonds. The molecular formula is C19H11Cl2F2N3O3. The molecule has 148 valence electrons. The van der Waals surface area contributed by atoms with E-state index in [1.165, 1.54) is 18.3 Å². The number of anilines is 1. The van der Waals surface area contributed by atoms with E-state index in [1.54, 1.807) is 18.2 Å². The third-order valence-corrected chi connectivity index (χ3v) is 3.91. The molecule has 0 aliphatic heterocycles. The van der Waals surface area contributed by atoms with Gasteiger partial charge >= 0.3 is 6.03 Å². The van der Waals surface area contributed by atoms with Gasteiger partial charge < -0.3 is 10.1 Å². The van der Waals surface area contributed by atoms with Gasteiger partial charge in [0.05, 0.1) is 11.9 Å². The Morgan fingerprint density at radius 2 is 1.62 bits per heavy atom. The van der Waals surface area contributed by atoms with Gasteiger partial charge in [-0.25, -0.2) is 18.6 Å². The van der Waals surface area contributed by atoms with Gasteiger partial charge in [-0.05, 0) is 36.4 Å². The smallest absolute Gasteiger partial charge is 0.326 e. The van der Waals surface area contributed by atoms with E-state index in [-0.39, 0.29) is 11.6 Å². The lowest BCUT2D eigenvalue weighted by Gasteiger charge is -2.09. The largest absolute Gasteiger partial charge is 0.439 e. The lowest BCUT2D eigenvalue weighted by atomic mass is 10.2. The van der Waals surface area contributed by atoms with E-state index in [2.05, 4.69) is 10.3 Å². The fourth-order valence-electron chi connectivity index (χ4n) is 2.27. The van der Waals surface area contributed by atoms with Gasteiger partial charge in [-0.15, -0.1) is 0 Å². The molecule has 0 saturated carbocycles. The lowest BCUT2D eigenvalue weighted by molar-refractivity contribution is 0.0959. The molecule has 2 aromatic carbocycles. The fourth-order valence-corrected chi connectivity index (χ4v) is 2.77. The minimum atomic E-state index is -1.22. The van der Waals surface area contributed by atoms with Crippen molar-refractivity contribution in [3.05, 3.63) is 82.0 Å². The molecule has 10 heteroatoms. The van der Waals surface area contributed by atoms with Crippen molar-refractivity contribution >= 4 is 40.8 Å². The highest BCUT2D eigenvalue weighted by atomic mass is 35.5. The van der Waals surface area contributed by atoms with Gasteiger partial charge in [-0.3, -0.25) is 10.1 Å². The summed E-state index contributed by atoms with van der Waals surface area (Å²) in [6.07, 6.45) is 1.26. The molecule has 2 N–H and O–H groups in total. The van der Waals surface area contributed by atoms with Crippen LogP contribution in [-0.4, -0.2) is 16.9 Å². The second-order valence-corrected chi connectivity index (χ2v) is 6.47. The fraction of sp³-hybridized carbons (Fsp3) is 0. The number of carbonyl (C=O) groups is 2. The van der Waals surface area contributed by atoms with Gasteiger partial charge in [0.25, 0.3) is 5.91 Å². The summed E-state index contributed by atoms with van der Waals surface area (Å²) in [6.45, 7) is 0. The van der Waals surface area contributed by atoms with Crippen LogP contribution in [0.5, 0.6) is 11.6 Å². The number of carbonyl (C=O) groups excluding carboxylic acids is 2. The molecule has 0 bridgehead atoms. The molecule has 0 saturated heterocycles. The molecule has 0 atom stereocenters. The van der Waals surface area contributed by atoms with Gasteiger partial charge in [-0.2, -0.15) is 0 Å². The topological polar surface area (TPSA) is 80.3 Å². The number of pyridine rings is 1. The molecular weight excluding hydrogens is 427 g/mol. The average Bonchev–Trinajstić information content (AvgIpc) is 2.62. The summed E-state index contributed by atoms with van der Waals surface area (Å²) >= 11 is 11.8. The van der Waals surface area contributed by atoms with Crippen molar-refractivity contribution in [3.63, 3.8) is 0 Å². The van der Waals surface area contributed by atoms with Crippen LogP contribution in [-0.2, 0) is 0 Å². The van der Waals surface area contributed by atoms with Gasteiger partial charge in [0, 0.05) is 16.1 Å². The highest BCUT2D eigenvalue weighted by Crippen LogP contribution is 2.27. The molecule has 1 aromatic heterocycles. The summed E-state index contributed by atoms with van der Waals surface area (Å²) in [6, 6.07) is 9.46. The van der Waals surface area contributed by atoms with E-state index >= 15 is 0 Å². The average molecular weight is 438 g/mol. The predicted molar refractivity (Wildman–Crippen MR) is 104 cm³/mol. The van der Waals surface area contributed by atoms with Crippen LogP contribution in [0, 0.1) is 11.6 Å². The highest BCUT2D eigenvalue weighted by molar-refractivity contribution is 6.34. The Balaban J connectivity index is 1.62. The number of halogens is 4. The summed E-state index contributed by atoms with van der Waals surface area (Å²) in [4.78, 5) is 27.8. The Morgan fingerprint density at radius 3 is 2.21 bits per heavy atom. The number of aromatic nitrogens is 1. The van der Waals surface area contributed by atoms with Gasteiger partial charge in [0.2, 0.25) is 5.88 Å². The Labute approximate surface area is 173 Å². The number of imide groups is 1. The maximum Gasteiger partial charge on any atom is 0.326 e. The Kier molecular flexibility index (Phi) is 6.26. The molecule has 0 spiro atoms. The van der Waals surface area contributed by atoms with Crippen LogP contribution in [0.4, 0.5) is 19.3 Å². The first-order valence-electron chi connectivity index (χ1n) is 7.98. The maximum atomic E-state index is 13.6. The predicted octanol–water partition coefficient (Wildman–Crippen LogP) is 5.42. The number of hydrogen-bond donors (Lipinski definition) is 2. The number of amides is 3. The third-order valence-electron chi connectivity index (χ3n) is 3.47.